The summed E-state index contributed by atoms with van der Waals surface area (Å²) in [5, 5.41) is 6.63. The van der Waals surface area contributed by atoms with E-state index in [-0.39, 0.29) is 5.91 Å². The molecule has 1 N–H and O–H groups in total. The quantitative estimate of drug-likeness (QED) is 0.809. The predicted molar refractivity (Wildman–Crippen MR) is 53.4 cm³/mol. The average molecular weight is 244 g/mol. The Kier molecular flexibility index (Phi) is 3.25. The molecule has 0 unspecified atom stereocenters. The Bertz CT molecular complexity index is 332. The highest BCUT2D eigenvalue weighted by molar-refractivity contribution is 9.10. The van der Waals surface area contributed by atoms with Gasteiger partial charge in [-0.1, -0.05) is 6.08 Å². The summed E-state index contributed by atoms with van der Waals surface area (Å²) in [5.74, 6) is -0.202. The van der Waals surface area contributed by atoms with Crippen molar-refractivity contribution in [2.24, 2.45) is 7.05 Å². The van der Waals surface area contributed by atoms with Crippen LogP contribution in [-0.2, 0) is 7.05 Å². The second-order valence-corrected chi connectivity index (χ2v) is 3.35. The molecule has 1 amide bonds. The topological polar surface area (TPSA) is 46.9 Å². The zero-order valence-electron chi connectivity index (χ0n) is 7.25. The first-order valence-electron chi connectivity index (χ1n) is 3.73. The van der Waals surface area contributed by atoms with E-state index < -0.39 is 0 Å². The summed E-state index contributed by atoms with van der Waals surface area (Å²) in [6, 6.07) is 0. The van der Waals surface area contributed by atoms with Crippen LogP contribution in [0, 0.1) is 0 Å². The van der Waals surface area contributed by atoms with Gasteiger partial charge in [0.1, 0.15) is 0 Å². The molecule has 0 saturated heterocycles. The maximum atomic E-state index is 11.4. The maximum absolute atomic E-state index is 11.4. The van der Waals surface area contributed by atoms with Crippen LogP contribution in [0.5, 0.6) is 0 Å². The van der Waals surface area contributed by atoms with Crippen molar-refractivity contribution in [3.8, 4) is 0 Å². The van der Waals surface area contributed by atoms with E-state index >= 15 is 0 Å². The lowest BCUT2D eigenvalue weighted by Crippen LogP contribution is -2.24. The third-order valence-electron chi connectivity index (χ3n) is 1.41. The number of carbonyl (C=O) groups is 1. The molecule has 1 rings (SSSR count). The van der Waals surface area contributed by atoms with Crippen LogP contribution in [0.25, 0.3) is 0 Å². The van der Waals surface area contributed by atoms with E-state index in [4.69, 9.17) is 0 Å². The Morgan fingerprint density at radius 1 is 1.92 bits per heavy atom. The Morgan fingerprint density at radius 2 is 2.62 bits per heavy atom. The van der Waals surface area contributed by atoms with Crippen LogP contribution >= 0.6 is 15.9 Å². The number of nitrogens with one attached hydrogen (secondary N) is 1. The van der Waals surface area contributed by atoms with Gasteiger partial charge in [-0.05, 0) is 15.9 Å². The van der Waals surface area contributed by atoms with Gasteiger partial charge in [-0.25, -0.2) is 0 Å². The lowest BCUT2D eigenvalue weighted by molar-refractivity contribution is 0.0951. The molecule has 70 valence electrons. The number of rotatable bonds is 3. The fourth-order valence-electron chi connectivity index (χ4n) is 0.862. The van der Waals surface area contributed by atoms with Gasteiger partial charge in [-0.2, -0.15) is 5.10 Å². The molecular formula is C8H10BrN3O. The minimum atomic E-state index is -0.202. The van der Waals surface area contributed by atoms with Gasteiger partial charge in [0.05, 0.1) is 4.47 Å². The molecule has 0 spiro atoms. The summed E-state index contributed by atoms with van der Waals surface area (Å²) in [6.45, 7) is 3.95. The number of nitrogens with zero attached hydrogens (tertiary/aromatic N) is 2. The molecule has 0 radical (unpaired) electrons. The van der Waals surface area contributed by atoms with Crippen molar-refractivity contribution in [1.29, 1.82) is 0 Å². The number of amides is 1. The molecule has 0 aliphatic heterocycles. The zero-order chi connectivity index (χ0) is 9.84. The molecule has 0 saturated carbocycles. The van der Waals surface area contributed by atoms with Crippen LogP contribution in [0.1, 0.15) is 10.5 Å². The normalized spacial score (nSPS) is 9.69. The van der Waals surface area contributed by atoms with E-state index in [1.54, 1.807) is 24.0 Å². The summed E-state index contributed by atoms with van der Waals surface area (Å²) >= 11 is 3.24. The molecule has 5 heteroatoms. The summed E-state index contributed by atoms with van der Waals surface area (Å²) in [5.41, 5.74) is 0.393. The summed E-state index contributed by atoms with van der Waals surface area (Å²) < 4.78 is 2.27. The van der Waals surface area contributed by atoms with Crippen molar-refractivity contribution in [3.63, 3.8) is 0 Å². The lowest BCUT2D eigenvalue weighted by Gasteiger charge is -1.97. The van der Waals surface area contributed by atoms with Gasteiger partial charge in [-0.3, -0.25) is 9.48 Å². The van der Waals surface area contributed by atoms with Crippen molar-refractivity contribution in [3.05, 3.63) is 29.0 Å². The second kappa shape index (κ2) is 4.23. The minimum absolute atomic E-state index is 0.202. The first-order chi connectivity index (χ1) is 6.15. The summed E-state index contributed by atoms with van der Waals surface area (Å²) in [6.07, 6.45) is 3.34. The van der Waals surface area contributed by atoms with E-state index in [1.165, 1.54) is 0 Å². The van der Waals surface area contributed by atoms with Gasteiger partial charge in [0, 0.05) is 19.8 Å². The first kappa shape index (κ1) is 9.98. The molecule has 0 aromatic carbocycles. The molecule has 0 fully saturated rings. The third-order valence-corrected chi connectivity index (χ3v) is 1.99. The van der Waals surface area contributed by atoms with Gasteiger partial charge in [0.2, 0.25) is 0 Å². The molecule has 0 bridgehead atoms. The molecule has 1 aromatic heterocycles. The average Bonchev–Trinajstić information content (AvgIpc) is 2.41. The fourth-order valence-corrected chi connectivity index (χ4v) is 1.42. The number of aryl methyl sites for hydroxylation is 1. The van der Waals surface area contributed by atoms with E-state index in [0.717, 1.165) is 0 Å². The molecule has 0 aliphatic carbocycles. The number of carbonyl (C=O) groups excluding carboxylic acids is 1. The zero-order valence-corrected chi connectivity index (χ0v) is 8.84. The van der Waals surface area contributed by atoms with Gasteiger partial charge in [0.15, 0.2) is 5.69 Å². The van der Waals surface area contributed by atoms with Crippen LogP contribution in [0.15, 0.2) is 23.3 Å². The standard InChI is InChI=1S/C8H10BrN3O/c1-3-4-10-8(13)7-6(9)5-12(2)11-7/h3,5H,1,4H2,2H3,(H,10,13). The molecule has 1 aromatic rings. The number of hydrogen-bond acceptors (Lipinski definition) is 2. The van der Waals surface area contributed by atoms with Gasteiger partial charge < -0.3 is 5.32 Å². The maximum Gasteiger partial charge on any atom is 0.273 e. The van der Waals surface area contributed by atoms with Crippen LogP contribution in [0.2, 0.25) is 0 Å². The van der Waals surface area contributed by atoms with Crippen molar-refractivity contribution < 1.29 is 4.79 Å². The van der Waals surface area contributed by atoms with E-state index in [2.05, 4.69) is 32.9 Å². The highest BCUT2D eigenvalue weighted by atomic mass is 79.9. The SMILES string of the molecule is C=CCNC(=O)c1nn(C)cc1Br. The minimum Gasteiger partial charge on any atom is -0.347 e. The number of aromatic nitrogens is 2. The van der Waals surface area contributed by atoms with Crippen LogP contribution in [0.4, 0.5) is 0 Å². The molecule has 0 atom stereocenters. The van der Waals surface area contributed by atoms with Crippen molar-refractivity contribution in [1.82, 2.24) is 15.1 Å². The lowest BCUT2D eigenvalue weighted by atomic mass is 10.4. The second-order valence-electron chi connectivity index (χ2n) is 2.50. The van der Waals surface area contributed by atoms with E-state index in [0.29, 0.717) is 16.7 Å². The Balaban J connectivity index is 2.76. The van der Waals surface area contributed by atoms with Crippen LogP contribution < -0.4 is 5.32 Å². The first-order valence-corrected chi connectivity index (χ1v) is 4.52. The largest absolute Gasteiger partial charge is 0.347 e. The molecule has 4 nitrogen and oxygen atoms in total. The third kappa shape index (κ3) is 2.42. The summed E-state index contributed by atoms with van der Waals surface area (Å²) in [4.78, 5) is 11.4. The molecule has 0 aliphatic rings. The van der Waals surface area contributed by atoms with E-state index in [9.17, 15) is 4.79 Å². The Labute approximate surface area is 84.8 Å². The molecule has 13 heavy (non-hydrogen) atoms. The number of halogens is 1. The monoisotopic (exact) mass is 243 g/mol. The summed E-state index contributed by atoms with van der Waals surface area (Å²) in [7, 11) is 1.76. The van der Waals surface area contributed by atoms with E-state index in [1.807, 2.05) is 0 Å². The Morgan fingerprint density at radius 3 is 3.08 bits per heavy atom. The van der Waals surface area contributed by atoms with Crippen molar-refractivity contribution >= 4 is 21.8 Å². The smallest absolute Gasteiger partial charge is 0.273 e. The molecule has 1 heterocycles. The number of hydrogen-bond donors (Lipinski definition) is 1. The fraction of sp³-hybridized carbons (Fsp3) is 0.250. The van der Waals surface area contributed by atoms with Gasteiger partial charge >= 0.3 is 0 Å². The molecular weight excluding hydrogens is 234 g/mol. The van der Waals surface area contributed by atoms with Crippen molar-refractivity contribution in [2.45, 2.75) is 0 Å². The van der Waals surface area contributed by atoms with Crippen LogP contribution in [0.3, 0.4) is 0 Å². The van der Waals surface area contributed by atoms with Gasteiger partial charge in [-0.15, -0.1) is 6.58 Å². The highest BCUT2D eigenvalue weighted by Crippen LogP contribution is 2.13. The van der Waals surface area contributed by atoms with Gasteiger partial charge in [0.25, 0.3) is 5.91 Å². The van der Waals surface area contributed by atoms with Crippen LogP contribution in [-0.4, -0.2) is 22.2 Å². The predicted octanol–water partition coefficient (Wildman–Crippen LogP) is 1.10. The van der Waals surface area contributed by atoms with Crippen molar-refractivity contribution in [2.75, 3.05) is 6.54 Å². The highest BCUT2D eigenvalue weighted by Gasteiger charge is 2.12. The Hall–Kier alpha value is -1.10.